The highest BCUT2D eigenvalue weighted by Gasteiger charge is 2.21. The quantitative estimate of drug-likeness (QED) is 0.494. The van der Waals surface area contributed by atoms with Gasteiger partial charge in [0.15, 0.2) is 5.13 Å². The third kappa shape index (κ3) is 5.98. The molecule has 0 spiro atoms. The first-order valence-electron chi connectivity index (χ1n) is 9.64. The molecule has 1 aromatic heterocycles. The Kier molecular flexibility index (Phi) is 8.56. The molecule has 3 rings (SSSR count). The van der Waals surface area contributed by atoms with Crippen molar-refractivity contribution in [3.05, 3.63) is 59.4 Å². The first-order chi connectivity index (χ1) is 13.5. The van der Waals surface area contributed by atoms with Crippen molar-refractivity contribution >= 4 is 45.0 Å². The molecule has 156 valence electrons. The zero-order valence-corrected chi connectivity index (χ0v) is 18.7. The topological polar surface area (TPSA) is 36.4 Å². The van der Waals surface area contributed by atoms with E-state index in [1.807, 2.05) is 12.1 Å². The van der Waals surface area contributed by atoms with Gasteiger partial charge >= 0.3 is 0 Å². The number of amides is 1. The number of hydrogen-bond donors (Lipinski definition) is 0. The lowest BCUT2D eigenvalue weighted by molar-refractivity contribution is -0.118. The van der Waals surface area contributed by atoms with Crippen molar-refractivity contribution in [1.82, 2.24) is 9.88 Å². The largest absolute Gasteiger partial charge is 0.302 e. The van der Waals surface area contributed by atoms with Gasteiger partial charge < -0.3 is 4.90 Å². The van der Waals surface area contributed by atoms with Crippen molar-refractivity contribution < 1.29 is 9.18 Å². The summed E-state index contributed by atoms with van der Waals surface area (Å²) in [5.41, 5.74) is 2.89. The molecular formula is C22H27ClFN3OS. The van der Waals surface area contributed by atoms with Crippen molar-refractivity contribution in [2.75, 3.05) is 31.1 Å². The van der Waals surface area contributed by atoms with Crippen LogP contribution in [0.5, 0.6) is 0 Å². The maximum Gasteiger partial charge on any atom is 0.233 e. The van der Waals surface area contributed by atoms with Gasteiger partial charge in [0.2, 0.25) is 5.91 Å². The minimum absolute atomic E-state index is 0. The van der Waals surface area contributed by atoms with E-state index >= 15 is 0 Å². The SMILES string of the molecule is CCN(CC)CCN(C(=O)Cc1ccc(F)cc1)c1nc2ccc(C)cc2s1.Cl. The second-order valence-corrected chi connectivity index (χ2v) is 7.85. The predicted molar refractivity (Wildman–Crippen MR) is 122 cm³/mol. The van der Waals surface area contributed by atoms with Gasteiger partial charge in [-0.15, -0.1) is 12.4 Å². The number of nitrogens with zero attached hydrogens (tertiary/aromatic N) is 3. The zero-order chi connectivity index (χ0) is 20.1. The fourth-order valence-corrected chi connectivity index (χ4v) is 4.22. The monoisotopic (exact) mass is 435 g/mol. The van der Waals surface area contributed by atoms with Crippen molar-refractivity contribution in [3.63, 3.8) is 0 Å². The normalized spacial score (nSPS) is 10.9. The molecule has 0 aliphatic heterocycles. The summed E-state index contributed by atoms with van der Waals surface area (Å²) in [6.45, 7) is 9.54. The summed E-state index contributed by atoms with van der Waals surface area (Å²) in [7, 11) is 0. The van der Waals surface area contributed by atoms with Crippen molar-refractivity contribution in [2.45, 2.75) is 27.2 Å². The lowest BCUT2D eigenvalue weighted by Gasteiger charge is -2.24. The molecule has 2 aromatic carbocycles. The molecule has 7 heteroatoms. The molecular weight excluding hydrogens is 409 g/mol. The molecule has 3 aromatic rings. The average molecular weight is 436 g/mol. The molecule has 0 saturated carbocycles. The molecule has 0 fully saturated rings. The Morgan fingerprint density at radius 1 is 1.07 bits per heavy atom. The molecule has 0 radical (unpaired) electrons. The molecule has 1 amide bonds. The highest BCUT2D eigenvalue weighted by Crippen LogP contribution is 2.30. The highest BCUT2D eigenvalue weighted by atomic mass is 35.5. The number of anilines is 1. The molecule has 0 atom stereocenters. The Balaban J connectivity index is 0.00000300. The van der Waals surface area contributed by atoms with Crippen LogP contribution >= 0.6 is 23.7 Å². The van der Waals surface area contributed by atoms with Crippen LogP contribution in [0.3, 0.4) is 0 Å². The van der Waals surface area contributed by atoms with Crippen LogP contribution in [0.15, 0.2) is 42.5 Å². The van der Waals surface area contributed by atoms with E-state index in [2.05, 4.69) is 31.7 Å². The van der Waals surface area contributed by atoms with Gasteiger partial charge in [-0.25, -0.2) is 9.37 Å². The number of hydrogen-bond acceptors (Lipinski definition) is 4. The Bertz CT molecular complexity index is 941. The van der Waals surface area contributed by atoms with E-state index in [-0.39, 0.29) is 30.6 Å². The van der Waals surface area contributed by atoms with Crippen molar-refractivity contribution in [2.24, 2.45) is 0 Å². The Hall–Kier alpha value is -2.02. The van der Waals surface area contributed by atoms with E-state index in [1.54, 1.807) is 28.4 Å². The van der Waals surface area contributed by atoms with Crippen LogP contribution in [-0.4, -0.2) is 42.0 Å². The Morgan fingerprint density at radius 3 is 2.41 bits per heavy atom. The van der Waals surface area contributed by atoms with E-state index in [9.17, 15) is 9.18 Å². The van der Waals surface area contributed by atoms with E-state index in [0.29, 0.717) is 6.54 Å². The summed E-state index contributed by atoms with van der Waals surface area (Å²) in [5, 5.41) is 0.722. The third-order valence-corrected chi connectivity index (χ3v) is 5.91. The van der Waals surface area contributed by atoms with Crippen LogP contribution in [0.25, 0.3) is 10.2 Å². The van der Waals surface area contributed by atoms with Crippen LogP contribution in [0.2, 0.25) is 0 Å². The van der Waals surface area contributed by atoms with E-state index < -0.39 is 0 Å². The fourth-order valence-electron chi connectivity index (χ4n) is 3.12. The number of thiazole rings is 1. The number of fused-ring (bicyclic) bond motifs is 1. The molecule has 29 heavy (non-hydrogen) atoms. The maximum absolute atomic E-state index is 13.2. The van der Waals surface area contributed by atoms with E-state index in [0.717, 1.165) is 40.5 Å². The molecule has 0 bridgehead atoms. The number of carbonyl (C=O) groups is 1. The van der Waals surface area contributed by atoms with Crippen molar-refractivity contribution in [1.29, 1.82) is 0 Å². The lowest BCUT2D eigenvalue weighted by atomic mass is 10.1. The Labute approximate surface area is 181 Å². The maximum atomic E-state index is 13.2. The van der Waals surface area contributed by atoms with E-state index in [1.165, 1.54) is 17.7 Å². The van der Waals surface area contributed by atoms with Crippen LogP contribution < -0.4 is 4.90 Å². The Morgan fingerprint density at radius 2 is 1.76 bits per heavy atom. The van der Waals surface area contributed by atoms with Gasteiger partial charge in [0.25, 0.3) is 0 Å². The second kappa shape index (κ2) is 10.7. The average Bonchev–Trinajstić information content (AvgIpc) is 3.09. The molecule has 4 nitrogen and oxygen atoms in total. The standard InChI is InChI=1S/C22H26FN3OS.ClH/c1-4-25(5-2)12-13-26(21(27)15-17-7-9-18(23)10-8-17)22-24-19-11-6-16(3)14-20(19)28-22;/h6-11,14H,4-5,12-13,15H2,1-3H3;1H. The van der Waals surface area contributed by atoms with Gasteiger partial charge in [0, 0.05) is 13.1 Å². The molecule has 0 N–H and O–H groups in total. The minimum atomic E-state index is -0.295. The molecule has 0 saturated heterocycles. The number of aryl methyl sites for hydroxylation is 1. The molecule has 0 aliphatic carbocycles. The first kappa shape index (κ1) is 23.3. The lowest BCUT2D eigenvalue weighted by Crippen LogP contribution is -2.39. The second-order valence-electron chi connectivity index (χ2n) is 6.84. The molecule has 1 heterocycles. The summed E-state index contributed by atoms with van der Waals surface area (Å²) in [6, 6.07) is 12.2. The van der Waals surface area contributed by atoms with Crippen LogP contribution in [0.4, 0.5) is 9.52 Å². The number of benzene rings is 2. The number of aromatic nitrogens is 1. The minimum Gasteiger partial charge on any atom is -0.302 e. The van der Waals surface area contributed by atoms with Gasteiger partial charge in [0.05, 0.1) is 16.6 Å². The third-order valence-electron chi connectivity index (χ3n) is 4.87. The van der Waals surface area contributed by atoms with Gasteiger partial charge in [-0.3, -0.25) is 9.69 Å². The van der Waals surface area contributed by atoms with Crippen LogP contribution in [0.1, 0.15) is 25.0 Å². The number of likely N-dealkylation sites (N-methyl/N-ethyl adjacent to an activating group) is 1. The summed E-state index contributed by atoms with van der Waals surface area (Å²) in [4.78, 5) is 21.9. The van der Waals surface area contributed by atoms with Crippen molar-refractivity contribution in [3.8, 4) is 0 Å². The summed E-state index contributed by atoms with van der Waals surface area (Å²) >= 11 is 1.54. The van der Waals surface area contributed by atoms with Gasteiger partial charge in [-0.1, -0.05) is 43.4 Å². The van der Waals surface area contributed by atoms with Crippen LogP contribution in [-0.2, 0) is 11.2 Å². The molecule has 0 aliphatic rings. The molecule has 0 unspecified atom stereocenters. The number of rotatable bonds is 8. The highest BCUT2D eigenvalue weighted by molar-refractivity contribution is 7.22. The number of carbonyl (C=O) groups excluding carboxylic acids is 1. The number of halogens is 2. The smallest absolute Gasteiger partial charge is 0.233 e. The van der Waals surface area contributed by atoms with E-state index in [4.69, 9.17) is 4.98 Å². The van der Waals surface area contributed by atoms with Gasteiger partial charge in [-0.05, 0) is 55.4 Å². The zero-order valence-electron chi connectivity index (χ0n) is 17.0. The van der Waals surface area contributed by atoms with Crippen LogP contribution in [0, 0.1) is 12.7 Å². The summed E-state index contributed by atoms with van der Waals surface area (Å²) in [6.07, 6.45) is 0.230. The predicted octanol–water partition coefficient (Wildman–Crippen LogP) is 5.08. The summed E-state index contributed by atoms with van der Waals surface area (Å²) < 4.78 is 14.3. The fraction of sp³-hybridized carbons (Fsp3) is 0.364. The first-order valence-corrected chi connectivity index (χ1v) is 10.5. The van der Waals surface area contributed by atoms with Gasteiger partial charge in [0.1, 0.15) is 5.82 Å². The van der Waals surface area contributed by atoms with Gasteiger partial charge in [-0.2, -0.15) is 0 Å². The summed E-state index contributed by atoms with van der Waals surface area (Å²) in [5.74, 6) is -0.314.